The number of benzene rings is 1. The van der Waals surface area contributed by atoms with Gasteiger partial charge >= 0.3 is 0 Å². The molecule has 0 radical (unpaired) electrons. The minimum absolute atomic E-state index is 0.0290. The monoisotopic (exact) mass is 263 g/mol. The summed E-state index contributed by atoms with van der Waals surface area (Å²) in [5.41, 5.74) is 6.98. The van der Waals surface area contributed by atoms with Gasteiger partial charge in [-0.25, -0.2) is 0 Å². The standard InChI is InChI=1S/C14H21N3O2/c1-3-19-13-9-11(8-12(15)10-13)14(18)17-6-4-16(2)5-7-17/h8-10H,3-7,15H2,1-2H3. The van der Waals surface area contributed by atoms with Crippen molar-refractivity contribution in [3.8, 4) is 5.75 Å². The van der Waals surface area contributed by atoms with Gasteiger partial charge in [-0.2, -0.15) is 0 Å². The molecule has 1 amide bonds. The Morgan fingerprint density at radius 2 is 1.95 bits per heavy atom. The summed E-state index contributed by atoms with van der Waals surface area (Å²) in [6.45, 7) is 5.80. The van der Waals surface area contributed by atoms with Crippen molar-refractivity contribution in [2.24, 2.45) is 0 Å². The molecule has 0 spiro atoms. The Kier molecular flexibility index (Phi) is 4.27. The van der Waals surface area contributed by atoms with E-state index in [0.29, 0.717) is 23.6 Å². The van der Waals surface area contributed by atoms with Crippen LogP contribution in [0.3, 0.4) is 0 Å². The van der Waals surface area contributed by atoms with E-state index < -0.39 is 0 Å². The van der Waals surface area contributed by atoms with E-state index in [9.17, 15) is 4.79 Å². The largest absolute Gasteiger partial charge is 0.494 e. The lowest BCUT2D eigenvalue weighted by atomic mass is 10.1. The second-order valence-corrected chi connectivity index (χ2v) is 4.82. The Morgan fingerprint density at radius 1 is 1.26 bits per heavy atom. The van der Waals surface area contributed by atoms with Gasteiger partial charge in [0.05, 0.1) is 6.61 Å². The molecule has 1 saturated heterocycles. The zero-order valence-corrected chi connectivity index (χ0v) is 11.6. The third kappa shape index (κ3) is 3.38. The third-order valence-electron chi connectivity index (χ3n) is 3.28. The molecule has 104 valence electrons. The zero-order chi connectivity index (χ0) is 13.8. The van der Waals surface area contributed by atoms with Crippen LogP contribution in [0.15, 0.2) is 18.2 Å². The van der Waals surface area contributed by atoms with Gasteiger partial charge < -0.3 is 20.3 Å². The number of rotatable bonds is 3. The average Bonchev–Trinajstić information content (AvgIpc) is 2.38. The molecule has 1 aliphatic rings. The maximum absolute atomic E-state index is 12.4. The zero-order valence-electron chi connectivity index (χ0n) is 11.6. The molecule has 2 rings (SSSR count). The highest BCUT2D eigenvalue weighted by Crippen LogP contribution is 2.20. The molecule has 1 aromatic carbocycles. The highest BCUT2D eigenvalue weighted by molar-refractivity contribution is 5.95. The van der Waals surface area contributed by atoms with E-state index in [4.69, 9.17) is 10.5 Å². The maximum atomic E-state index is 12.4. The van der Waals surface area contributed by atoms with E-state index >= 15 is 0 Å². The fraction of sp³-hybridized carbons (Fsp3) is 0.500. The lowest BCUT2D eigenvalue weighted by Gasteiger charge is -2.32. The number of anilines is 1. The number of nitrogens with two attached hydrogens (primary N) is 1. The molecule has 0 aliphatic carbocycles. The number of likely N-dealkylation sites (N-methyl/N-ethyl adjacent to an activating group) is 1. The second kappa shape index (κ2) is 5.93. The summed E-state index contributed by atoms with van der Waals surface area (Å²) < 4.78 is 5.42. The Bertz CT molecular complexity index is 454. The summed E-state index contributed by atoms with van der Waals surface area (Å²) in [7, 11) is 2.06. The Hall–Kier alpha value is -1.75. The van der Waals surface area contributed by atoms with Crippen molar-refractivity contribution in [2.45, 2.75) is 6.92 Å². The van der Waals surface area contributed by atoms with Crippen LogP contribution < -0.4 is 10.5 Å². The minimum atomic E-state index is 0.0290. The normalized spacial score (nSPS) is 16.4. The Labute approximate surface area is 113 Å². The molecule has 1 heterocycles. The summed E-state index contributed by atoms with van der Waals surface area (Å²) >= 11 is 0. The van der Waals surface area contributed by atoms with Crippen molar-refractivity contribution in [1.29, 1.82) is 0 Å². The predicted molar refractivity (Wildman–Crippen MR) is 75.4 cm³/mol. The van der Waals surface area contributed by atoms with Gasteiger partial charge in [-0.05, 0) is 26.1 Å². The first-order valence-electron chi connectivity index (χ1n) is 6.61. The molecule has 0 bridgehead atoms. The lowest BCUT2D eigenvalue weighted by molar-refractivity contribution is 0.0663. The molecule has 2 N–H and O–H groups in total. The SMILES string of the molecule is CCOc1cc(N)cc(C(=O)N2CCN(C)CC2)c1. The van der Waals surface area contributed by atoms with Crippen molar-refractivity contribution < 1.29 is 9.53 Å². The molecule has 19 heavy (non-hydrogen) atoms. The van der Waals surface area contributed by atoms with Gasteiger partial charge in [-0.3, -0.25) is 4.79 Å². The molecule has 0 atom stereocenters. The molecule has 1 fully saturated rings. The maximum Gasteiger partial charge on any atom is 0.254 e. The van der Waals surface area contributed by atoms with Crippen LogP contribution in [-0.4, -0.2) is 55.5 Å². The van der Waals surface area contributed by atoms with Crippen LogP contribution in [0.2, 0.25) is 0 Å². The molecular weight excluding hydrogens is 242 g/mol. The summed E-state index contributed by atoms with van der Waals surface area (Å²) in [6.07, 6.45) is 0. The summed E-state index contributed by atoms with van der Waals surface area (Å²) in [4.78, 5) is 16.5. The number of amides is 1. The van der Waals surface area contributed by atoms with Gasteiger partial charge in [0.25, 0.3) is 5.91 Å². The number of carbonyl (C=O) groups is 1. The van der Waals surface area contributed by atoms with Crippen LogP contribution >= 0.6 is 0 Å². The van der Waals surface area contributed by atoms with Gasteiger partial charge in [-0.1, -0.05) is 0 Å². The minimum Gasteiger partial charge on any atom is -0.494 e. The summed E-state index contributed by atoms with van der Waals surface area (Å²) in [5.74, 6) is 0.682. The van der Waals surface area contributed by atoms with Crippen LogP contribution in [0.1, 0.15) is 17.3 Å². The average molecular weight is 263 g/mol. The van der Waals surface area contributed by atoms with Gasteiger partial charge in [0, 0.05) is 43.5 Å². The Balaban J connectivity index is 2.14. The number of nitrogens with zero attached hydrogens (tertiary/aromatic N) is 2. The number of carbonyl (C=O) groups excluding carboxylic acids is 1. The molecule has 0 saturated carbocycles. The highest BCUT2D eigenvalue weighted by atomic mass is 16.5. The van der Waals surface area contributed by atoms with Crippen LogP contribution in [0.5, 0.6) is 5.75 Å². The van der Waals surface area contributed by atoms with Crippen LogP contribution in [0.4, 0.5) is 5.69 Å². The van der Waals surface area contributed by atoms with E-state index in [2.05, 4.69) is 11.9 Å². The fourth-order valence-corrected chi connectivity index (χ4v) is 2.19. The van der Waals surface area contributed by atoms with Crippen LogP contribution in [0, 0.1) is 0 Å². The molecule has 0 aromatic heterocycles. The second-order valence-electron chi connectivity index (χ2n) is 4.82. The number of hydrogen-bond donors (Lipinski definition) is 1. The van der Waals surface area contributed by atoms with Crippen molar-refractivity contribution in [3.63, 3.8) is 0 Å². The molecule has 1 aliphatic heterocycles. The number of piperazine rings is 1. The lowest BCUT2D eigenvalue weighted by Crippen LogP contribution is -2.47. The topological polar surface area (TPSA) is 58.8 Å². The molecule has 5 heteroatoms. The van der Waals surface area contributed by atoms with E-state index in [1.54, 1.807) is 18.2 Å². The van der Waals surface area contributed by atoms with Gasteiger partial charge in [-0.15, -0.1) is 0 Å². The van der Waals surface area contributed by atoms with E-state index in [-0.39, 0.29) is 5.91 Å². The van der Waals surface area contributed by atoms with E-state index in [1.165, 1.54) is 0 Å². The number of ether oxygens (including phenoxy) is 1. The van der Waals surface area contributed by atoms with Crippen LogP contribution in [0.25, 0.3) is 0 Å². The molecule has 5 nitrogen and oxygen atoms in total. The molecular formula is C14H21N3O2. The van der Waals surface area contributed by atoms with Gasteiger partial charge in [0.15, 0.2) is 0 Å². The third-order valence-corrected chi connectivity index (χ3v) is 3.28. The van der Waals surface area contributed by atoms with Gasteiger partial charge in [0.1, 0.15) is 5.75 Å². The smallest absolute Gasteiger partial charge is 0.254 e. The van der Waals surface area contributed by atoms with Crippen molar-refractivity contribution in [3.05, 3.63) is 23.8 Å². The van der Waals surface area contributed by atoms with Crippen LogP contribution in [-0.2, 0) is 0 Å². The van der Waals surface area contributed by atoms with Crippen molar-refractivity contribution in [1.82, 2.24) is 9.80 Å². The number of hydrogen-bond acceptors (Lipinski definition) is 4. The Morgan fingerprint density at radius 3 is 2.58 bits per heavy atom. The number of nitrogen functional groups attached to an aromatic ring is 1. The predicted octanol–water partition coefficient (Wildman–Crippen LogP) is 1.06. The summed E-state index contributed by atoms with van der Waals surface area (Å²) in [6, 6.07) is 5.22. The highest BCUT2D eigenvalue weighted by Gasteiger charge is 2.21. The fourth-order valence-electron chi connectivity index (χ4n) is 2.19. The molecule has 0 unspecified atom stereocenters. The van der Waals surface area contributed by atoms with E-state index in [0.717, 1.165) is 26.2 Å². The quantitative estimate of drug-likeness (QED) is 0.828. The first kappa shape index (κ1) is 13.7. The van der Waals surface area contributed by atoms with E-state index in [1.807, 2.05) is 11.8 Å². The van der Waals surface area contributed by atoms with Crippen molar-refractivity contribution in [2.75, 3.05) is 45.6 Å². The first-order valence-corrected chi connectivity index (χ1v) is 6.61. The van der Waals surface area contributed by atoms with Crippen molar-refractivity contribution >= 4 is 11.6 Å². The van der Waals surface area contributed by atoms with Gasteiger partial charge in [0.2, 0.25) is 0 Å². The summed E-state index contributed by atoms with van der Waals surface area (Å²) in [5, 5.41) is 0. The first-order chi connectivity index (χ1) is 9.10. The molecule has 1 aromatic rings.